The van der Waals surface area contributed by atoms with Crippen molar-refractivity contribution in [1.82, 2.24) is 0 Å². The van der Waals surface area contributed by atoms with Crippen molar-refractivity contribution in [1.29, 1.82) is 0 Å². The molecule has 8 aromatic carbocycles. The van der Waals surface area contributed by atoms with E-state index in [1.807, 2.05) is 17.4 Å². The molecule has 0 fully saturated rings. The van der Waals surface area contributed by atoms with E-state index in [0.29, 0.717) is 0 Å². The Hall–Kier alpha value is -5.94. The third-order valence-electron chi connectivity index (χ3n) is 11.3. The van der Waals surface area contributed by atoms with Gasteiger partial charge in [0.05, 0.1) is 0 Å². The van der Waals surface area contributed by atoms with Gasteiger partial charge in [0.15, 0.2) is 0 Å². The Morgan fingerprint density at radius 2 is 1.17 bits per heavy atom. The molecule has 10 aromatic rings. The lowest BCUT2D eigenvalue weighted by Crippen LogP contribution is -2.49. The molecule has 0 N–H and O–H groups in total. The van der Waals surface area contributed by atoms with E-state index in [4.69, 9.17) is 4.42 Å². The van der Waals surface area contributed by atoms with Gasteiger partial charge in [-0.15, -0.1) is 11.3 Å². The van der Waals surface area contributed by atoms with Gasteiger partial charge in [0.25, 0.3) is 0 Å². The molecule has 11 rings (SSSR count). The molecule has 0 spiro atoms. The van der Waals surface area contributed by atoms with Crippen LogP contribution in [0.2, 0.25) is 13.1 Å². The molecule has 246 valence electrons. The second-order valence-corrected chi connectivity index (χ2v) is 19.9. The van der Waals surface area contributed by atoms with Crippen LogP contribution in [0.15, 0.2) is 168 Å². The molecular formula is C48H33NOSSi. The molecule has 0 saturated heterocycles. The van der Waals surface area contributed by atoms with Gasteiger partial charge in [0.2, 0.25) is 0 Å². The summed E-state index contributed by atoms with van der Waals surface area (Å²) in [6.07, 6.45) is 0. The van der Waals surface area contributed by atoms with Crippen molar-refractivity contribution in [3.8, 4) is 22.3 Å². The number of furan rings is 1. The van der Waals surface area contributed by atoms with Crippen molar-refractivity contribution in [2.75, 3.05) is 4.90 Å². The van der Waals surface area contributed by atoms with Gasteiger partial charge < -0.3 is 9.32 Å². The molecule has 0 saturated carbocycles. The SMILES string of the molecule is C[Si]1(C)c2cc(N(c3ccc(-c4ccc5ccccc5c4)cc3)c3ccc4oc5ccccc5c4c3)ccc2-c2c1ccc1c2sc2ccccc21. The van der Waals surface area contributed by atoms with E-state index in [2.05, 4.69) is 176 Å². The first-order chi connectivity index (χ1) is 25.5. The molecule has 2 nitrogen and oxygen atoms in total. The third-order valence-corrected chi connectivity index (χ3v) is 16.0. The zero-order valence-corrected chi connectivity index (χ0v) is 30.7. The molecule has 0 amide bonds. The molecule has 0 unspecified atom stereocenters. The molecule has 2 aromatic heterocycles. The maximum atomic E-state index is 6.26. The monoisotopic (exact) mass is 699 g/mol. The van der Waals surface area contributed by atoms with Crippen LogP contribution in [-0.2, 0) is 0 Å². The molecule has 0 aliphatic carbocycles. The van der Waals surface area contributed by atoms with Crippen molar-refractivity contribution in [3.05, 3.63) is 164 Å². The molecule has 4 heteroatoms. The number of benzene rings is 8. The number of rotatable bonds is 4. The first kappa shape index (κ1) is 29.8. The zero-order valence-electron chi connectivity index (χ0n) is 28.9. The number of para-hydroxylation sites is 1. The molecule has 52 heavy (non-hydrogen) atoms. The fourth-order valence-electron chi connectivity index (χ4n) is 8.60. The van der Waals surface area contributed by atoms with Crippen LogP contribution in [0.3, 0.4) is 0 Å². The minimum Gasteiger partial charge on any atom is -0.456 e. The summed E-state index contributed by atoms with van der Waals surface area (Å²) < 4.78 is 9.04. The van der Waals surface area contributed by atoms with Gasteiger partial charge in [-0.05, 0) is 104 Å². The lowest BCUT2D eigenvalue weighted by atomic mass is 10.0. The topological polar surface area (TPSA) is 16.4 Å². The van der Waals surface area contributed by atoms with E-state index in [9.17, 15) is 0 Å². The van der Waals surface area contributed by atoms with Crippen molar-refractivity contribution in [3.63, 3.8) is 0 Å². The van der Waals surface area contributed by atoms with E-state index in [1.54, 1.807) is 0 Å². The highest BCUT2D eigenvalue weighted by Crippen LogP contribution is 2.44. The number of thiophene rings is 1. The predicted octanol–water partition coefficient (Wildman–Crippen LogP) is 13.0. The van der Waals surface area contributed by atoms with Crippen LogP contribution < -0.4 is 15.3 Å². The summed E-state index contributed by atoms with van der Waals surface area (Å²) >= 11 is 1.94. The number of fused-ring (bicyclic) bond motifs is 11. The summed E-state index contributed by atoms with van der Waals surface area (Å²) in [5.41, 5.74) is 10.5. The van der Waals surface area contributed by atoms with E-state index in [-0.39, 0.29) is 0 Å². The molecular weight excluding hydrogens is 667 g/mol. The van der Waals surface area contributed by atoms with Crippen LogP contribution in [0, 0.1) is 0 Å². The van der Waals surface area contributed by atoms with Gasteiger partial charge >= 0.3 is 0 Å². The van der Waals surface area contributed by atoms with Crippen molar-refractivity contribution >= 4 is 99.7 Å². The first-order valence-electron chi connectivity index (χ1n) is 17.9. The van der Waals surface area contributed by atoms with Crippen molar-refractivity contribution in [2.45, 2.75) is 13.1 Å². The summed E-state index contributed by atoms with van der Waals surface area (Å²) in [7, 11) is -2.01. The minimum atomic E-state index is -2.01. The van der Waals surface area contributed by atoms with Gasteiger partial charge in [0, 0.05) is 48.0 Å². The van der Waals surface area contributed by atoms with Gasteiger partial charge in [-0.25, -0.2) is 0 Å². The summed E-state index contributed by atoms with van der Waals surface area (Å²) in [6, 6.07) is 60.2. The fraction of sp³-hybridized carbons (Fsp3) is 0.0417. The molecule has 1 aliphatic heterocycles. The Bertz CT molecular complexity index is 3060. The molecule has 0 atom stereocenters. The van der Waals surface area contributed by atoms with E-state index in [1.165, 1.54) is 69.3 Å². The number of hydrogen-bond acceptors (Lipinski definition) is 3. The average Bonchev–Trinajstić information content (AvgIpc) is 3.82. The largest absolute Gasteiger partial charge is 0.456 e. The smallest absolute Gasteiger partial charge is 0.135 e. The van der Waals surface area contributed by atoms with Crippen molar-refractivity contribution in [2.24, 2.45) is 0 Å². The Kier molecular flexibility index (Phi) is 6.31. The summed E-state index contributed by atoms with van der Waals surface area (Å²) in [6.45, 7) is 5.04. The normalized spacial score (nSPS) is 13.3. The van der Waals surface area contributed by atoms with Gasteiger partial charge in [-0.1, -0.05) is 116 Å². The van der Waals surface area contributed by atoms with E-state index >= 15 is 0 Å². The van der Waals surface area contributed by atoms with Crippen LogP contribution >= 0.6 is 11.3 Å². The maximum absolute atomic E-state index is 6.26. The minimum absolute atomic E-state index is 0.904. The summed E-state index contributed by atoms with van der Waals surface area (Å²) in [4.78, 5) is 2.42. The van der Waals surface area contributed by atoms with Crippen LogP contribution in [0.5, 0.6) is 0 Å². The molecule has 1 aliphatic rings. The molecule has 3 heterocycles. The Labute approximate surface area is 306 Å². The summed E-state index contributed by atoms with van der Waals surface area (Å²) in [5.74, 6) is 0. The van der Waals surface area contributed by atoms with Gasteiger partial charge in [-0.2, -0.15) is 0 Å². The highest BCUT2D eigenvalue weighted by atomic mass is 32.1. The zero-order chi connectivity index (χ0) is 34.6. The second kappa shape index (κ2) is 11.0. The lowest BCUT2D eigenvalue weighted by molar-refractivity contribution is 0.669. The van der Waals surface area contributed by atoms with Crippen LogP contribution in [0.1, 0.15) is 0 Å². The van der Waals surface area contributed by atoms with Gasteiger partial charge in [-0.3, -0.25) is 0 Å². The van der Waals surface area contributed by atoms with E-state index < -0.39 is 8.07 Å². The van der Waals surface area contributed by atoms with Gasteiger partial charge in [0.1, 0.15) is 19.2 Å². The number of anilines is 3. The van der Waals surface area contributed by atoms with Crippen LogP contribution in [-0.4, -0.2) is 8.07 Å². The standard InChI is InChI=1S/C48H33NOSSi/c1-52(2)45-26-24-39-38-12-6-8-14-44(38)51-48(39)47(45)40-23-21-36(29-46(40)52)49(35-22-25-43-41(28-35)37-11-5-7-13-42(37)50-43)34-19-17-31(18-20-34)33-16-15-30-9-3-4-10-32(30)27-33/h3-29H,1-2H3. The van der Waals surface area contributed by atoms with Crippen LogP contribution in [0.25, 0.3) is 75.1 Å². The Morgan fingerprint density at radius 3 is 2.06 bits per heavy atom. The fourth-order valence-corrected chi connectivity index (χ4v) is 13.0. The molecule has 0 bridgehead atoms. The van der Waals surface area contributed by atoms with E-state index in [0.717, 1.165) is 33.3 Å². The third kappa shape index (κ3) is 4.35. The molecule has 0 radical (unpaired) electrons. The quantitative estimate of drug-likeness (QED) is 0.170. The lowest BCUT2D eigenvalue weighted by Gasteiger charge is -2.28. The predicted molar refractivity (Wildman–Crippen MR) is 226 cm³/mol. The average molecular weight is 700 g/mol. The van der Waals surface area contributed by atoms with Crippen molar-refractivity contribution < 1.29 is 4.42 Å². The highest BCUT2D eigenvalue weighted by Gasteiger charge is 2.39. The first-order valence-corrected chi connectivity index (χ1v) is 21.7. The Balaban J connectivity index is 1.09. The second-order valence-electron chi connectivity index (χ2n) is 14.5. The highest BCUT2D eigenvalue weighted by molar-refractivity contribution is 7.26. The number of nitrogens with zero attached hydrogens (tertiary/aromatic N) is 1. The van der Waals surface area contributed by atoms with Crippen LogP contribution in [0.4, 0.5) is 17.1 Å². The number of hydrogen-bond donors (Lipinski definition) is 0. The Morgan fingerprint density at radius 1 is 0.481 bits per heavy atom. The summed E-state index contributed by atoms with van der Waals surface area (Å²) in [5, 5.41) is 10.5. The maximum Gasteiger partial charge on any atom is 0.135 e.